The Bertz CT molecular complexity index is 747. The Kier molecular flexibility index (Phi) is 5.30. The number of sulfonamides is 1. The average Bonchev–Trinajstić information content (AvgIpc) is 3.40. The molecule has 1 aliphatic heterocycles. The fraction of sp³-hybridized carbons (Fsp3) is 0.429. The molecule has 24 heavy (non-hydrogen) atoms. The van der Waals surface area contributed by atoms with Crippen LogP contribution in [-0.2, 0) is 24.3 Å². The normalized spacial score (nSPS) is 19.3. The molecule has 0 bridgehead atoms. The van der Waals surface area contributed by atoms with Crippen LogP contribution in [0.15, 0.2) is 23.1 Å². The van der Waals surface area contributed by atoms with Gasteiger partial charge < -0.3 is 19.5 Å². The summed E-state index contributed by atoms with van der Waals surface area (Å²) in [5.41, 5.74) is 0. The van der Waals surface area contributed by atoms with Crippen molar-refractivity contribution in [3.8, 4) is 11.5 Å². The van der Waals surface area contributed by atoms with Gasteiger partial charge in [-0.1, -0.05) is 0 Å². The Morgan fingerprint density at radius 2 is 1.88 bits per heavy atom. The van der Waals surface area contributed by atoms with Crippen LogP contribution in [-0.4, -0.2) is 65.1 Å². The molecule has 1 saturated heterocycles. The molecule has 1 aromatic rings. The summed E-state index contributed by atoms with van der Waals surface area (Å²) in [7, 11) is 0.193. The molecule has 1 N–H and O–H groups in total. The minimum atomic E-state index is -3.84. The van der Waals surface area contributed by atoms with Crippen LogP contribution in [0, 0.1) is 0 Å². The highest BCUT2D eigenvalue weighted by molar-refractivity contribution is 7.89. The number of ether oxygens (including phenoxy) is 3. The van der Waals surface area contributed by atoms with Crippen LogP contribution in [0.5, 0.6) is 11.5 Å². The first kappa shape index (κ1) is 18.0. The number of esters is 1. The van der Waals surface area contributed by atoms with Crippen molar-refractivity contribution in [2.24, 2.45) is 0 Å². The third kappa shape index (κ3) is 3.60. The Hall–Kier alpha value is -2.33. The lowest BCUT2D eigenvalue weighted by molar-refractivity contribution is -0.141. The molecule has 132 valence electrons. The van der Waals surface area contributed by atoms with E-state index >= 15 is 0 Å². The molecule has 0 aliphatic carbocycles. The number of carbonyl (C=O) groups is 2. The van der Waals surface area contributed by atoms with Crippen LogP contribution in [0.1, 0.15) is 0 Å². The molecular formula is C14H18N2O7S. The average molecular weight is 358 g/mol. The van der Waals surface area contributed by atoms with Gasteiger partial charge in [0.1, 0.15) is 12.6 Å². The van der Waals surface area contributed by atoms with Crippen molar-refractivity contribution in [3.63, 3.8) is 0 Å². The minimum Gasteiger partial charge on any atom is -0.493 e. The first-order valence-corrected chi connectivity index (χ1v) is 8.37. The molecule has 1 heterocycles. The summed E-state index contributed by atoms with van der Waals surface area (Å²) < 4.78 is 40.6. The number of benzene rings is 1. The van der Waals surface area contributed by atoms with Gasteiger partial charge in [0.05, 0.1) is 26.2 Å². The van der Waals surface area contributed by atoms with Gasteiger partial charge in [-0.05, 0) is 12.1 Å². The second-order valence-electron chi connectivity index (χ2n) is 4.90. The Morgan fingerprint density at radius 3 is 2.46 bits per heavy atom. The summed E-state index contributed by atoms with van der Waals surface area (Å²) in [5.74, 6) is -0.496. The number of amides is 1. The fourth-order valence-electron chi connectivity index (χ4n) is 2.06. The van der Waals surface area contributed by atoms with Gasteiger partial charge in [0.25, 0.3) is 0 Å². The maximum Gasteiger partial charge on any atom is 0.325 e. The maximum atomic E-state index is 12.5. The first-order chi connectivity index (χ1) is 11.3. The largest absolute Gasteiger partial charge is 0.493 e. The number of hydrogen-bond donors (Lipinski definition) is 1. The summed E-state index contributed by atoms with van der Waals surface area (Å²) in [6.45, 7) is -0.264. The Labute approximate surface area is 139 Å². The van der Waals surface area contributed by atoms with E-state index in [0.717, 1.165) is 4.31 Å². The predicted molar refractivity (Wildman–Crippen MR) is 82.3 cm³/mol. The van der Waals surface area contributed by atoms with Gasteiger partial charge >= 0.3 is 5.97 Å². The molecule has 0 aromatic heterocycles. The lowest BCUT2D eigenvalue weighted by Crippen LogP contribution is -2.35. The van der Waals surface area contributed by atoms with Crippen molar-refractivity contribution < 1.29 is 32.2 Å². The maximum absolute atomic E-state index is 12.5. The van der Waals surface area contributed by atoms with Crippen LogP contribution in [0.4, 0.5) is 0 Å². The summed E-state index contributed by atoms with van der Waals surface area (Å²) in [6.07, 6.45) is 0. The summed E-state index contributed by atoms with van der Waals surface area (Å²) in [5, 5.41) is 2.33. The van der Waals surface area contributed by atoms with Gasteiger partial charge in [0.15, 0.2) is 11.5 Å². The molecule has 0 spiro atoms. The summed E-state index contributed by atoms with van der Waals surface area (Å²) in [4.78, 5) is 22.9. The highest BCUT2D eigenvalue weighted by atomic mass is 32.2. The fourth-order valence-corrected chi connectivity index (χ4v) is 3.60. The van der Waals surface area contributed by atoms with Crippen molar-refractivity contribution in [1.82, 2.24) is 9.62 Å². The second kappa shape index (κ2) is 7.05. The van der Waals surface area contributed by atoms with Crippen molar-refractivity contribution in [2.75, 3.05) is 34.4 Å². The molecule has 1 aromatic carbocycles. The number of rotatable bonds is 7. The van der Waals surface area contributed by atoms with E-state index in [1.807, 2.05) is 0 Å². The number of hydrogen-bond acceptors (Lipinski definition) is 7. The molecule has 2 rings (SSSR count). The molecule has 1 fully saturated rings. The molecule has 0 radical (unpaired) electrons. The second-order valence-corrected chi connectivity index (χ2v) is 6.79. The zero-order valence-corrected chi connectivity index (χ0v) is 14.3. The third-order valence-corrected chi connectivity index (χ3v) is 5.34. The number of carbonyl (C=O) groups excluding carboxylic acids is 2. The lowest BCUT2D eigenvalue weighted by atomic mass is 10.3. The quantitative estimate of drug-likeness (QED) is 0.510. The van der Waals surface area contributed by atoms with Crippen LogP contribution in [0.2, 0.25) is 0 Å². The van der Waals surface area contributed by atoms with E-state index in [-0.39, 0.29) is 23.7 Å². The van der Waals surface area contributed by atoms with Gasteiger partial charge in [-0.15, -0.1) is 0 Å². The van der Waals surface area contributed by atoms with E-state index < -0.39 is 27.9 Å². The van der Waals surface area contributed by atoms with E-state index in [2.05, 4.69) is 10.1 Å². The number of nitrogens with zero attached hydrogens (tertiary/aromatic N) is 1. The van der Waals surface area contributed by atoms with E-state index in [9.17, 15) is 18.0 Å². The van der Waals surface area contributed by atoms with E-state index in [1.165, 1.54) is 39.5 Å². The zero-order valence-electron chi connectivity index (χ0n) is 13.4. The number of methoxy groups -OCH3 is 3. The van der Waals surface area contributed by atoms with Gasteiger partial charge in [-0.25, -0.2) is 8.42 Å². The minimum absolute atomic E-state index is 0.0107. The third-order valence-electron chi connectivity index (χ3n) is 3.47. The molecule has 9 nitrogen and oxygen atoms in total. The molecule has 2 atom stereocenters. The highest BCUT2D eigenvalue weighted by Gasteiger charge is 2.49. The molecule has 0 saturated carbocycles. The smallest absolute Gasteiger partial charge is 0.325 e. The van der Waals surface area contributed by atoms with Crippen molar-refractivity contribution in [2.45, 2.75) is 10.9 Å². The molecule has 1 aliphatic rings. The van der Waals surface area contributed by atoms with Crippen molar-refractivity contribution >= 4 is 21.9 Å². The van der Waals surface area contributed by atoms with Crippen LogP contribution < -0.4 is 14.8 Å². The monoisotopic (exact) mass is 358 g/mol. The van der Waals surface area contributed by atoms with Gasteiger partial charge in [0.2, 0.25) is 15.9 Å². The van der Waals surface area contributed by atoms with Crippen LogP contribution in [0.3, 0.4) is 0 Å². The number of nitrogens with one attached hydrogen (secondary N) is 1. The molecule has 2 unspecified atom stereocenters. The van der Waals surface area contributed by atoms with Gasteiger partial charge in [-0.2, -0.15) is 4.31 Å². The Balaban J connectivity index is 2.10. The topological polar surface area (TPSA) is 111 Å². The van der Waals surface area contributed by atoms with E-state index in [1.54, 1.807) is 0 Å². The summed E-state index contributed by atoms with van der Waals surface area (Å²) in [6, 6.07) is 3.34. The van der Waals surface area contributed by atoms with Gasteiger partial charge in [0, 0.05) is 12.6 Å². The van der Waals surface area contributed by atoms with Crippen molar-refractivity contribution in [3.05, 3.63) is 18.2 Å². The van der Waals surface area contributed by atoms with E-state index in [0.29, 0.717) is 5.75 Å². The Morgan fingerprint density at radius 1 is 1.21 bits per heavy atom. The SMILES string of the molecule is COC(=O)CNC(=O)C1CN1S(=O)(=O)c1ccc(OC)c(OC)c1. The van der Waals surface area contributed by atoms with Crippen LogP contribution >= 0.6 is 0 Å². The molecular weight excluding hydrogens is 340 g/mol. The van der Waals surface area contributed by atoms with Crippen LogP contribution in [0.25, 0.3) is 0 Å². The van der Waals surface area contributed by atoms with E-state index in [4.69, 9.17) is 9.47 Å². The van der Waals surface area contributed by atoms with Crippen molar-refractivity contribution in [1.29, 1.82) is 0 Å². The standard InChI is InChI=1S/C14H18N2O7S/c1-21-11-5-4-9(6-12(11)22-2)24(19,20)16-8-10(16)14(18)15-7-13(17)23-3/h4-6,10H,7-8H2,1-3H3,(H,15,18). The summed E-state index contributed by atoms with van der Waals surface area (Å²) >= 11 is 0. The first-order valence-electron chi connectivity index (χ1n) is 6.93. The zero-order chi connectivity index (χ0) is 17.9. The lowest BCUT2D eigenvalue weighted by Gasteiger charge is -2.11. The van der Waals surface area contributed by atoms with Gasteiger partial charge in [-0.3, -0.25) is 9.59 Å². The molecule has 10 heteroatoms. The molecule has 1 amide bonds. The predicted octanol–water partition coefficient (Wildman–Crippen LogP) is -0.634. The highest BCUT2D eigenvalue weighted by Crippen LogP contribution is 2.34.